The lowest BCUT2D eigenvalue weighted by molar-refractivity contribution is 0.327. The van der Waals surface area contributed by atoms with Crippen molar-refractivity contribution in [3.8, 4) is 5.75 Å². The van der Waals surface area contributed by atoms with Crippen molar-refractivity contribution < 1.29 is 4.74 Å². The number of ether oxygens (including phenoxy) is 1. The Hall–Kier alpha value is -2.50. The van der Waals surface area contributed by atoms with Crippen molar-refractivity contribution in [3.05, 3.63) is 67.3 Å². The van der Waals surface area contributed by atoms with Crippen LogP contribution < -0.4 is 10.5 Å². The van der Waals surface area contributed by atoms with Gasteiger partial charge in [0.25, 0.3) is 0 Å². The van der Waals surface area contributed by atoms with Gasteiger partial charge < -0.3 is 15.4 Å². The van der Waals surface area contributed by atoms with Crippen molar-refractivity contribution in [2.45, 2.75) is 19.5 Å². The Morgan fingerprint density at radius 1 is 1.22 bits per heavy atom. The summed E-state index contributed by atoms with van der Waals surface area (Å²) in [5.74, 6) is 1.36. The van der Waals surface area contributed by atoms with Gasteiger partial charge in [-0.1, -0.05) is 18.2 Å². The molecule has 5 rings (SSSR count). The third kappa shape index (κ3) is 3.67. The smallest absolute Gasteiger partial charge is 0.165 e. The average molecular weight is 558 g/mol. The van der Waals surface area contributed by atoms with Crippen molar-refractivity contribution >= 4 is 56.4 Å². The molecule has 164 valence electrons. The number of nitrogen functional groups attached to an aromatic ring is 1. The van der Waals surface area contributed by atoms with Crippen LogP contribution in [0.25, 0.3) is 16.6 Å². The van der Waals surface area contributed by atoms with Gasteiger partial charge in [0, 0.05) is 33.0 Å². The van der Waals surface area contributed by atoms with E-state index in [0.29, 0.717) is 12.4 Å². The van der Waals surface area contributed by atoms with Crippen LogP contribution in [-0.4, -0.2) is 45.4 Å². The summed E-state index contributed by atoms with van der Waals surface area (Å²) in [5, 5.41) is 5.58. The highest BCUT2D eigenvalue weighted by Crippen LogP contribution is 2.43. The number of hydrogen-bond acceptors (Lipinski definition) is 7. The van der Waals surface area contributed by atoms with Crippen LogP contribution in [0.15, 0.2) is 48.3 Å². The molecule has 0 aliphatic carbocycles. The zero-order chi connectivity index (χ0) is 22.4. The molecule has 1 aliphatic heterocycles. The Labute approximate surface area is 204 Å². The van der Waals surface area contributed by atoms with Crippen molar-refractivity contribution in [2.75, 3.05) is 26.4 Å². The standard InChI is InChI=1S/C23H23IN6OS/c1-13(30-23-20(21(24)28-30)22(25)26-12-27-23)16-11-31-17-7-5-4-6-15(17)19(16)18-9-8-14(32-18)10-29(2)3/h4-9,12-13H,10-11H2,1-3H3,(H2,25,26,27). The molecule has 0 saturated heterocycles. The second kappa shape index (κ2) is 8.45. The van der Waals surface area contributed by atoms with E-state index in [1.165, 1.54) is 27.2 Å². The molecule has 4 heterocycles. The molecule has 32 heavy (non-hydrogen) atoms. The molecule has 0 spiro atoms. The SMILES string of the molecule is CC(C1=C(c2ccc(CN(C)C)s2)c2ccccc2OC1)n1nc(I)c2c(N)ncnc21. The molecule has 0 amide bonds. The number of hydrogen-bond donors (Lipinski definition) is 1. The summed E-state index contributed by atoms with van der Waals surface area (Å²) < 4.78 is 8.92. The molecule has 3 aromatic heterocycles. The summed E-state index contributed by atoms with van der Waals surface area (Å²) in [6.07, 6.45) is 1.49. The first-order valence-electron chi connectivity index (χ1n) is 10.3. The van der Waals surface area contributed by atoms with E-state index in [2.05, 4.69) is 82.7 Å². The van der Waals surface area contributed by atoms with E-state index in [-0.39, 0.29) is 6.04 Å². The maximum atomic E-state index is 6.18. The normalized spacial score (nSPS) is 14.7. The van der Waals surface area contributed by atoms with Crippen molar-refractivity contribution in [2.24, 2.45) is 0 Å². The molecular formula is C23H23IN6OS. The van der Waals surface area contributed by atoms with E-state index >= 15 is 0 Å². The lowest BCUT2D eigenvalue weighted by Gasteiger charge is -2.27. The Kier molecular flexibility index (Phi) is 5.64. The van der Waals surface area contributed by atoms with Crippen LogP contribution in [0.1, 0.15) is 28.3 Å². The minimum atomic E-state index is -0.0712. The molecule has 4 aromatic rings. The Morgan fingerprint density at radius 3 is 2.84 bits per heavy atom. The fourth-order valence-electron chi connectivity index (χ4n) is 4.10. The van der Waals surface area contributed by atoms with Crippen LogP contribution in [0.4, 0.5) is 5.82 Å². The third-order valence-corrected chi connectivity index (χ3v) is 7.43. The van der Waals surface area contributed by atoms with Gasteiger partial charge in [-0.05, 0) is 61.8 Å². The van der Waals surface area contributed by atoms with E-state index in [9.17, 15) is 0 Å². The number of thiophene rings is 1. The largest absolute Gasteiger partial charge is 0.488 e. The van der Waals surface area contributed by atoms with Crippen LogP contribution in [0.2, 0.25) is 0 Å². The minimum absolute atomic E-state index is 0.0712. The molecule has 1 atom stereocenters. The van der Waals surface area contributed by atoms with E-state index in [1.54, 1.807) is 0 Å². The lowest BCUT2D eigenvalue weighted by atomic mass is 9.92. The summed E-state index contributed by atoms with van der Waals surface area (Å²) in [7, 11) is 4.18. The predicted molar refractivity (Wildman–Crippen MR) is 137 cm³/mol. The first kappa shape index (κ1) is 21.4. The molecular weight excluding hydrogens is 535 g/mol. The van der Waals surface area contributed by atoms with Crippen LogP contribution in [-0.2, 0) is 6.54 Å². The number of benzene rings is 1. The van der Waals surface area contributed by atoms with Crippen LogP contribution in [0.5, 0.6) is 5.75 Å². The molecule has 2 N–H and O–H groups in total. The fraction of sp³-hybridized carbons (Fsp3) is 0.261. The average Bonchev–Trinajstić information content (AvgIpc) is 3.37. The number of fused-ring (bicyclic) bond motifs is 2. The lowest BCUT2D eigenvalue weighted by Crippen LogP contribution is -2.20. The number of aromatic nitrogens is 4. The first-order chi connectivity index (χ1) is 15.4. The molecule has 9 heteroatoms. The molecule has 1 aliphatic rings. The van der Waals surface area contributed by atoms with Gasteiger partial charge in [-0.15, -0.1) is 11.3 Å². The number of nitrogens with two attached hydrogens (primary N) is 1. The van der Waals surface area contributed by atoms with Gasteiger partial charge in [-0.3, -0.25) is 0 Å². The van der Waals surface area contributed by atoms with Gasteiger partial charge in [-0.25, -0.2) is 14.6 Å². The third-order valence-electron chi connectivity index (χ3n) is 5.59. The molecule has 7 nitrogen and oxygen atoms in total. The molecule has 1 aromatic carbocycles. The topological polar surface area (TPSA) is 82.1 Å². The molecule has 0 fully saturated rings. The quantitative estimate of drug-likeness (QED) is 0.361. The van der Waals surface area contributed by atoms with Crippen molar-refractivity contribution in [1.82, 2.24) is 24.6 Å². The highest BCUT2D eigenvalue weighted by Gasteiger charge is 2.29. The number of anilines is 1. The highest BCUT2D eigenvalue weighted by atomic mass is 127. The number of rotatable bonds is 5. The molecule has 0 radical (unpaired) electrons. The Balaban J connectivity index is 1.69. The van der Waals surface area contributed by atoms with Gasteiger partial charge in [-0.2, -0.15) is 5.10 Å². The fourth-order valence-corrected chi connectivity index (χ4v) is 6.07. The second-order valence-electron chi connectivity index (χ2n) is 8.06. The monoisotopic (exact) mass is 558 g/mol. The van der Waals surface area contributed by atoms with E-state index in [4.69, 9.17) is 15.6 Å². The molecule has 1 unspecified atom stereocenters. The summed E-state index contributed by atoms with van der Waals surface area (Å²) >= 11 is 4.03. The number of halogens is 1. The van der Waals surface area contributed by atoms with Gasteiger partial charge in [0.15, 0.2) is 5.65 Å². The van der Waals surface area contributed by atoms with Gasteiger partial charge >= 0.3 is 0 Å². The van der Waals surface area contributed by atoms with E-state index < -0.39 is 0 Å². The molecule has 0 bridgehead atoms. The maximum absolute atomic E-state index is 6.18. The molecule has 0 saturated carbocycles. The highest BCUT2D eigenvalue weighted by molar-refractivity contribution is 14.1. The van der Waals surface area contributed by atoms with Crippen LogP contribution in [0, 0.1) is 3.70 Å². The minimum Gasteiger partial charge on any atom is -0.488 e. The number of para-hydroxylation sites is 1. The van der Waals surface area contributed by atoms with Gasteiger partial charge in [0.2, 0.25) is 0 Å². The van der Waals surface area contributed by atoms with Crippen LogP contribution >= 0.6 is 33.9 Å². The van der Waals surface area contributed by atoms with Crippen molar-refractivity contribution in [1.29, 1.82) is 0 Å². The zero-order valence-electron chi connectivity index (χ0n) is 18.0. The Morgan fingerprint density at radius 2 is 2.03 bits per heavy atom. The van der Waals surface area contributed by atoms with E-state index in [1.807, 2.05) is 28.2 Å². The maximum Gasteiger partial charge on any atom is 0.165 e. The van der Waals surface area contributed by atoms with Crippen molar-refractivity contribution in [3.63, 3.8) is 0 Å². The van der Waals surface area contributed by atoms with E-state index in [0.717, 1.165) is 32.6 Å². The predicted octanol–water partition coefficient (Wildman–Crippen LogP) is 4.59. The number of nitrogens with zero attached hydrogens (tertiary/aromatic N) is 5. The first-order valence-corrected chi connectivity index (χ1v) is 12.2. The summed E-state index contributed by atoms with van der Waals surface area (Å²) in [5.41, 5.74) is 10.4. The van der Waals surface area contributed by atoms with Gasteiger partial charge in [0.1, 0.15) is 28.2 Å². The zero-order valence-corrected chi connectivity index (χ0v) is 21.0. The van der Waals surface area contributed by atoms with Gasteiger partial charge in [0.05, 0.1) is 11.4 Å². The summed E-state index contributed by atoms with van der Waals surface area (Å²) in [6.45, 7) is 3.55. The Bertz CT molecular complexity index is 1340. The summed E-state index contributed by atoms with van der Waals surface area (Å²) in [6, 6.07) is 12.6. The second-order valence-corrected chi connectivity index (χ2v) is 10.2. The van der Waals surface area contributed by atoms with Crippen LogP contribution in [0.3, 0.4) is 0 Å². The summed E-state index contributed by atoms with van der Waals surface area (Å²) in [4.78, 5) is 13.4.